The highest BCUT2D eigenvalue weighted by molar-refractivity contribution is 7.13. The molecule has 1 amide bonds. The van der Waals surface area contributed by atoms with Crippen molar-refractivity contribution in [2.75, 3.05) is 12.3 Å². The molecule has 15 heavy (non-hydrogen) atoms. The number of nitrogens with two attached hydrogens (primary N) is 1. The third-order valence-corrected chi connectivity index (χ3v) is 2.29. The number of carbonyl (C=O) groups excluding carboxylic acids is 1. The zero-order valence-corrected chi connectivity index (χ0v) is 8.71. The van der Waals surface area contributed by atoms with Crippen LogP contribution in [0.25, 0.3) is 0 Å². The van der Waals surface area contributed by atoms with Crippen molar-refractivity contribution < 1.29 is 14.7 Å². The molecule has 0 saturated carbocycles. The van der Waals surface area contributed by atoms with Crippen LogP contribution in [-0.2, 0) is 16.0 Å². The van der Waals surface area contributed by atoms with E-state index in [1.807, 2.05) is 0 Å². The summed E-state index contributed by atoms with van der Waals surface area (Å²) in [6.07, 6.45) is 0.0538. The van der Waals surface area contributed by atoms with Gasteiger partial charge in [0.25, 0.3) is 0 Å². The lowest BCUT2D eigenvalue weighted by molar-refractivity contribution is -0.136. The Kier molecular flexibility index (Phi) is 4.04. The molecule has 0 aliphatic carbocycles. The van der Waals surface area contributed by atoms with Crippen molar-refractivity contribution in [1.29, 1.82) is 0 Å². The molecule has 82 valence electrons. The molecule has 0 radical (unpaired) electrons. The topological polar surface area (TPSA) is 105 Å². The molecule has 6 nitrogen and oxygen atoms in total. The molecule has 0 spiro atoms. The molecule has 7 heteroatoms. The molecule has 0 aliphatic rings. The number of hydrogen-bond acceptors (Lipinski definition) is 5. The second-order valence-corrected chi connectivity index (χ2v) is 3.74. The molecule has 0 saturated heterocycles. The van der Waals surface area contributed by atoms with E-state index in [1.54, 1.807) is 5.38 Å². The molecule has 1 aromatic heterocycles. The maximum atomic E-state index is 11.2. The predicted octanol–water partition coefficient (Wildman–Crippen LogP) is -0.141. The van der Waals surface area contributed by atoms with Crippen molar-refractivity contribution in [2.45, 2.75) is 12.8 Å². The van der Waals surface area contributed by atoms with Crippen molar-refractivity contribution in [3.8, 4) is 0 Å². The van der Waals surface area contributed by atoms with Crippen LogP contribution in [0, 0.1) is 0 Å². The van der Waals surface area contributed by atoms with E-state index >= 15 is 0 Å². The Balaban J connectivity index is 2.27. The first-order valence-corrected chi connectivity index (χ1v) is 5.14. The van der Waals surface area contributed by atoms with Crippen LogP contribution in [0.1, 0.15) is 12.1 Å². The minimum Gasteiger partial charge on any atom is -0.481 e. The zero-order valence-electron chi connectivity index (χ0n) is 7.90. The van der Waals surface area contributed by atoms with Gasteiger partial charge in [-0.25, -0.2) is 4.98 Å². The lowest BCUT2D eigenvalue weighted by Gasteiger charge is -2.00. The number of aliphatic carboxylic acids is 1. The first-order valence-electron chi connectivity index (χ1n) is 4.26. The molecule has 0 aromatic carbocycles. The average molecular weight is 229 g/mol. The summed E-state index contributed by atoms with van der Waals surface area (Å²) in [7, 11) is 0. The number of amides is 1. The summed E-state index contributed by atoms with van der Waals surface area (Å²) in [5.74, 6) is -1.19. The largest absolute Gasteiger partial charge is 0.481 e. The van der Waals surface area contributed by atoms with Crippen molar-refractivity contribution in [3.63, 3.8) is 0 Å². The molecule has 1 aromatic rings. The van der Waals surface area contributed by atoms with Gasteiger partial charge in [-0.05, 0) is 0 Å². The van der Waals surface area contributed by atoms with E-state index in [0.717, 1.165) is 0 Å². The van der Waals surface area contributed by atoms with Crippen molar-refractivity contribution >= 4 is 28.3 Å². The fourth-order valence-corrected chi connectivity index (χ4v) is 1.50. The van der Waals surface area contributed by atoms with E-state index in [0.29, 0.717) is 10.8 Å². The van der Waals surface area contributed by atoms with Gasteiger partial charge in [0, 0.05) is 11.9 Å². The van der Waals surface area contributed by atoms with Crippen LogP contribution in [0.3, 0.4) is 0 Å². The summed E-state index contributed by atoms with van der Waals surface area (Å²) in [4.78, 5) is 25.3. The van der Waals surface area contributed by atoms with Crippen LogP contribution >= 0.6 is 11.3 Å². The third kappa shape index (κ3) is 4.41. The normalized spacial score (nSPS) is 9.87. The van der Waals surface area contributed by atoms with Crippen molar-refractivity contribution in [3.05, 3.63) is 11.1 Å². The molecular formula is C8H11N3O3S. The molecule has 1 heterocycles. The zero-order chi connectivity index (χ0) is 11.3. The fourth-order valence-electron chi connectivity index (χ4n) is 0.940. The number of nitrogen functional groups attached to an aromatic ring is 1. The van der Waals surface area contributed by atoms with E-state index in [-0.39, 0.29) is 25.3 Å². The molecule has 0 bridgehead atoms. The molecular weight excluding hydrogens is 218 g/mol. The number of rotatable bonds is 5. The van der Waals surface area contributed by atoms with E-state index < -0.39 is 5.97 Å². The Morgan fingerprint density at radius 3 is 2.87 bits per heavy atom. The number of carboxylic acids is 1. The summed E-state index contributed by atoms with van der Waals surface area (Å²) in [6, 6.07) is 0. The lowest BCUT2D eigenvalue weighted by atomic mass is 10.3. The quantitative estimate of drug-likeness (QED) is 0.651. The Labute approximate surface area is 90.1 Å². The third-order valence-electron chi connectivity index (χ3n) is 1.57. The minimum absolute atomic E-state index is 0.0784. The number of carbonyl (C=O) groups is 2. The Hall–Kier alpha value is -1.63. The number of carboxylic acid groups (broad SMARTS) is 1. The van der Waals surface area contributed by atoms with Gasteiger partial charge in [-0.3, -0.25) is 9.59 Å². The highest BCUT2D eigenvalue weighted by Crippen LogP contribution is 2.10. The van der Waals surface area contributed by atoms with Gasteiger partial charge >= 0.3 is 5.97 Å². The maximum absolute atomic E-state index is 11.2. The summed E-state index contributed by atoms with van der Waals surface area (Å²) < 4.78 is 0. The van der Waals surface area contributed by atoms with Crippen molar-refractivity contribution in [2.24, 2.45) is 0 Å². The highest BCUT2D eigenvalue weighted by atomic mass is 32.1. The van der Waals surface area contributed by atoms with Crippen LogP contribution in [0.2, 0.25) is 0 Å². The Bertz CT molecular complexity index is 364. The molecule has 4 N–H and O–H groups in total. The van der Waals surface area contributed by atoms with E-state index in [9.17, 15) is 9.59 Å². The maximum Gasteiger partial charge on any atom is 0.305 e. The van der Waals surface area contributed by atoms with E-state index in [2.05, 4.69) is 10.3 Å². The van der Waals surface area contributed by atoms with Gasteiger partial charge in [0.2, 0.25) is 5.91 Å². The second kappa shape index (κ2) is 5.30. The van der Waals surface area contributed by atoms with Gasteiger partial charge in [-0.2, -0.15) is 0 Å². The average Bonchev–Trinajstić information content (AvgIpc) is 2.50. The van der Waals surface area contributed by atoms with E-state index in [1.165, 1.54) is 11.3 Å². The minimum atomic E-state index is -0.937. The predicted molar refractivity (Wildman–Crippen MR) is 55.5 cm³/mol. The molecule has 1 rings (SSSR count). The summed E-state index contributed by atoms with van der Waals surface area (Å²) >= 11 is 1.27. The first-order chi connectivity index (χ1) is 7.08. The number of nitrogens with zero attached hydrogens (tertiary/aromatic N) is 1. The number of anilines is 1. The number of aromatic nitrogens is 1. The van der Waals surface area contributed by atoms with Gasteiger partial charge in [0.1, 0.15) is 0 Å². The van der Waals surface area contributed by atoms with Crippen LogP contribution in [0.4, 0.5) is 5.13 Å². The van der Waals surface area contributed by atoms with Gasteiger partial charge in [-0.1, -0.05) is 0 Å². The van der Waals surface area contributed by atoms with Gasteiger partial charge < -0.3 is 16.2 Å². The van der Waals surface area contributed by atoms with Crippen LogP contribution < -0.4 is 11.1 Å². The SMILES string of the molecule is Nc1nc(CC(=O)NCCC(=O)O)cs1. The van der Waals surface area contributed by atoms with Crippen molar-refractivity contribution in [1.82, 2.24) is 10.3 Å². The first kappa shape index (κ1) is 11.4. The molecule has 0 unspecified atom stereocenters. The van der Waals surface area contributed by atoms with Crippen LogP contribution in [-0.4, -0.2) is 28.5 Å². The summed E-state index contributed by atoms with van der Waals surface area (Å²) in [5, 5.41) is 12.9. The molecule has 0 fully saturated rings. The van der Waals surface area contributed by atoms with Gasteiger partial charge in [0.15, 0.2) is 5.13 Å². The second-order valence-electron chi connectivity index (χ2n) is 2.85. The monoisotopic (exact) mass is 229 g/mol. The van der Waals surface area contributed by atoms with E-state index in [4.69, 9.17) is 10.8 Å². The highest BCUT2D eigenvalue weighted by Gasteiger charge is 2.06. The smallest absolute Gasteiger partial charge is 0.305 e. The Morgan fingerprint density at radius 1 is 1.60 bits per heavy atom. The molecule has 0 aliphatic heterocycles. The lowest BCUT2D eigenvalue weighted by Crippen LogP contribution is -2.27. The fraction of sp³-hybridized carbons (Fsp3) is 0.375. The standard InChI is InChI=1S/C8H11N3O3S/c9-8-11-5(4-15-8)3-6(12)10-2-1-7(13)14/h4H,1-3H2,(H2,9,11)(H,10,12)(H,13,14). The number of nitrogens with one attached hydrogen (secondary N) is 1. The van der Waals surface area contributed by atoms with Crippen LogP contribution in [0.15, 0.2) is 5.38 Å². The van der Waals surface area contributed by atoms with Gasteiger partial charge in [-0.15, -0.1) is 11.3 Å². The molecule has 0 atom stereocenters. The van der Waals surface area contributed by atoms with Gasteiger partial charge in [0.05, 0.1) is 18.5 Å². The summed E-state index contributed by atoms with van der Waals surface area (Å²) in [6.45, 7) is 0.133. The Morgan fingerprint density at radius 2 is 2.33 bits per heavy atom. The summed E-state index contributed by atoms with van der Waals surface area (Å²) in [5.41, 5.74) is 5.99. The number of hydrogen-bond donors (Lipinski definition) is 3. The number of thiazole rings is 1. The van der Waals surface area contributed by atoms with Crippen LogP contribution in [0.5, 0.6) is 0 Å².